The fraction of sp³-hybridized carbons (Fsp3) is 0.194. The fourth-order valence-electron chi connectivity index (χ4n) is 4.64. The number of rotatable bonds is 10. The summed E-state index contributed by atoms with van der Waals surface area (Å²) in [5.41, 5.74) is 0.624. The van der Waals surface area contributed by atoms with Gasteiger partial charge in [0.25, 0.3) is 10.0 Å². The fourth-order valence-corrected chi connectivity index (χ4v) is 7.59. The average Bonchev–Trinajstić information content (AvgIpc) is 3.02. The van der Waals surface area contributed by atoms with Crippen LogP contribution < -0.4 is 14.4 Å². The first kappa shape index (κ1) is 29.3. The van der Waals surface area contributed by atoms with Crippen LogP contribution in [0.4, 0.5) is 11.4 Å². The SMILES string of the molecule is O=C(CN(c1ccc(Oc2ccccc2)cc1)S(=O)(=O)c1ccccc1)Nc1ccc(S(=O)(=O)N2CCCCC2)cc1. The molecule has 42 heavy (non-hydrogen) atoms. The van der Waals surface area contributed by atoms with E-state index in [1.807, 2.05) is 18.2 Å². The van der Waals surface area contributed by atoms with Crippen molar-refractivity contribution in [2.24, 2.45) is 0 Å². The normalized spacial score (nSPS) is 14.2. The van der Waals surface area contributed by atoms with Crippen molar-refractivity contribution in [1.82, 2.24) is 4.31 Å². The van der Waals surface area contributed by atoms with Crippen LogP contribution in [0.15, 0.2) is 119 Å². The molecular weight excluding hydrogens is 574 g/mol. The molecule has 0 bridgehead atoms. The molecule has 1 heterocycles. The number of sulfonamides is 2. The van der Waals surface area contributed by atoms with Crippen LogP contribution >= 0.6 is 0 Å². The van der Waals surface area contributed by atoms with Gasteiger partial charge in [-0.05, 0) is 85.6 Å². The Morgan fingerprint density at radius 1 is 0.690 bits per heavy atom. The largest absolute Gasteiger partial charge is 0.457 e. The van der Waals surface area contributed by atoms with Gasteiger partial charge in [-0.1, -0.05) is 42.8 Å². The monoisotopic (exact) mass is 605 g/mol. The van der Waals surface area contributed by atoms with Crippen LogP contribution in [0.3, 0.4) is 0 Å². The second kappa shape index (κ2) is 12.8. The van der Waals surface area contributed by atoms with Crippen LogP contribution in [-0.2, 0) is 24.8 Å². The topological polar surface area (TPSA) is 113 Å². The van der Waals surface area contributed by atoms with Gasteiger partial charge < -0.3 is 10.1 Å². The highest BCUT2D eigenvalue weighted by molar-refractivity contribution is 7.92. The number of amides is 1. The zero-order chi connectivity index (χ0) is 29.6. The van der Waals surface area contributed by atoms with Gasteiger partial charge in [0.1, 0.15) is 18.0 Å². The van der Waals surface area contributed by atoms with E-state index in [9.17, 15) is 21.6 Å². The summed E-state index contributed by atoms with van der Waals surface area (Å²) >= 11 is 0. The summed E-state index contributed by atoms with van der Waals surface area (Å²) in [5, 5.41) is 2.69. The molecular formula is C31H31N3O6S2. The molecule has 0 spiro atoms. The van der Waals surface area contributed by atoms with Crippen LogP contribution in [0.2, 0.25) is 0 Å². The van der Waals surface area contributed by atoms with Crippen molar-refractivity contribution in [3.8, 4) is 11.5 Å². The van der Waals surface area contributed by atoms with Gasteiger partial charge in [0.05, 0.1) is 15.5 Å². The lowest BCUT2D eigenvalue weighted by atomic mass is 10.2. The van der Waals surface area contributed by atoms with Crippen molar-refractivity contribution < 1.29 is 26.4 Å². The minimum absolute atomic E-state index is 0.0367. The predicted octanol–water partition coefficient (Wildman–Crippen LogP) is 5.49. The molecule has 1 N–H and O–H groups in total. The molecule has 1 aliphatic heterocycles. The highest BCUT2D eigenvalue weighted by Crippen LogP contribution is 2.28. The van der Waals surface area contributed by atoms with E-state index in [0.717, 1.165) is 23.6 Å². The third-order valence-electron chi connectivity index (χ3n) is 6.81. The maximum Gasteiger partial charge on any atom is 0.264 e. The summed E-state index contributed by atoms with van der Waals surface area (Å²) in [7, 11) is -7.72. The molecule has 0 saturated carbocycles. The van der Waals surface area contributed by atoms with Gasteiger partial charge in [-0.2, -0.15) is 4.31 Å². The molecule has 9 nitrogen and oxygen atoms in total. The minimum Gasteiger partial charge on any atom is -0.457 e. The molecule has 5 rings (SSSR count). The molecule has 11 heteroatoms. The Balaban J connectivity index is 1.34. The van der Waals surface area contributed by atoms with E-state index in [1.165, 1.54) is 40.7 Å². The smallest absolute Gasteiger partial charge is 0.264 e. The molecule has 0 radical (unpaired) electrons. The Kier molecular flexibility index (Phi) is 8.91. The van der Waals surface area contributed by atoms with Crippen molar-refractivity contribution in [3.63, 3.8) is 0 Å². The quantitative estimate of drug-likeness (QED) is 0.256. The molecule has 1 amide bonds. The summed E-state index contributed by atoms with van der Waals surface area (Å²) in [6.45, 7) is 0.474. The number of hydrogen-bond acceptors (Lipinski definition) is 6. The number of carbonyl (C=O) groups is 1. The predicted molar refractivity (Wildman–Crippen MR) is 162 cm³/mol. The van der Waals surface area contributed by atoms with E-state index in [2.05, 4.69) is 5.32 Å². The zero-order valence-electron chi connectivity index (χ0n) is 22.8. The highest BCUT2D eigenvalue weighted by Gasteiger charge is 2.28. The first-order valence-corrected chi connectivity index (χ1v) is 16.4. The zero-order valence-corrected chi connectivity index (χ0v) is 24.4. The number of nitrogens with one attached hydrogen (secondary N) is 1. The molecule has 1 saturated heterocycles. The summed E-state index contributed by atoms with van der Waals surface area (Å²) in [4.78, 5) is 13.3. The number of nitrogens with zero attached hydrogens (tertiary/aromatic N) is 2. The molecule has 0 unspecified atom stereocenters. The Morgan fingerprint density at radius 2 is 1.26 bits per heavy atom. The molecule has 4 aromatic carbocycles. The number of piperidine rings is 1. The van der Waals surface area contributed by atoms with E-state index in [4.69, 9.17) is 4.74 Å². The van der Waals surface area contributed by atoms with Crippen LogP contribution in [-0.4, -0.2) is 46.7 Å². The minimum atomic E-state index is -4.10. The Labute approximate surface area is 246 Å². The lowest BCUT2D eigenvalue weighted by Gasteiger charge is -2.26. The first-order valence-electron chi connectivity index (χ1n) is 13.5. The van der Waals surface area contributed by atoms with E-state index in [1.54, 1.807) is 54.6 Å². The molecule has 1 fully saturated rings. The van der Waals surface area contributed by atoms with Crippen molar-refractivity contribution >= 4 is 37.3 Å². The number of carbonyl (C=O) groups excluding carboxylic acids is 1. The maximum absolute atomic E-state index is 13.6. The third-order valence-corrected chi connectivity index (χ3v) is 10.5. The number of hydrogen-bond donors (Lipinski definition) is 1. The van der Waals surface area contributed by atoms with Gasteiger partial charge in [0.15, 0.2) is 0 Å². The van der Waals surface area contributed by atoms with Gasteiger partial charge in [-0.15, -0.1) is 0 Å². The molecule has 4 aromatic rings. The molecule has 1 aliphatic rings. The Morgan fingerprint density at radius 3 is 1.88 bits per heavy atom. The summed E-state index contributed by atoms with van der Waals surface area (Å²) in [5.74, 6) is 0.546. The molecule has 218 valence electrons. The van der Waals surface area contributed by atoms with E-state index >= 15 is 0 Å². The third kappa shape index (κ3) is 6.81. The van der Waals surface area contributed by atoms with Gasteiger partial charge in [-0.25, -0.2) is 16.8 Å². The molecule has 0 atom stereocenters. The van der Waals surface area contributed by atoms with Crippen LogP contribution in [0, 0.1) is 0 Å². The lowest BCUT2D eigenvalue weighted by Crippen LogP contribution is -2.38. The van der Waals surface area contributed by atoms with Gasteiger partial charge in [0.2, 0.25) is 15.9 Å². The van der Waals surface area contributed by atoms with Crippen molar-refractivity contribution in [2.75, 3.05) is 29.3 Å². The van der Waals surface area contributed by atoms with E-state index in [-0.39, 0.29) is 15.5 Å². The van der Waals surface area contributed by atoms with Gasteiger partial charge in [0, 0.05) is 18.8 Å². The second-order valence-corrected chi connectivity index (χ2v) is 13.6. The Bertz CT molecular complexity index is 1710. The maximum atomic E-state index is 13.6. The van der Waals surface area contributed by atoms with Crippen LogP contribution in [0.25, 0.3) is 0 Å². The van der Waals surface area contributed by atoms with Gasteiger partial charge in [-0.3, -0.25) is 9.10 Å². The number of para-hydroxylation sites is 1. The highest BCUT2D eigenvalue weighted by atomic mass is 32.2. The number of benzene rings is 4. The molecule has 0 aliphatic carbocycles. The van der Waals surface area contributed by atoms with Crippen molar-refractivity contribution in [2.45, 2.75) is 29.1 Å². The summed E-state index contributed by atoms with van der Waals surface area (Å²) in [6.07, 6.45) is 2.68. The van der Waals surface area contributed by atoms with Crippen molar-refractivity contribution in [3.05, 3.63) is 109 Å². The summed E-state index contributed by atoms with van der Waals surface area (Å²) in [6, 6.07) is 29.4. The van der Waals surface area contributed by atoms with Gasteiger partial charge >= 0.3 is 0 Å². The summed E-state index contributed by atoms with van der Waals surface area (Å²) < 4.78 is 61.5. The second-order valence-electron chi connectivity index (χ2n) is 9.77. The Hall–Kier alpha value is -4.19. The first-order chi connectivity index (χ1) is 20.2. The standard InChI is InChI=1S/C31H31N3O6S2/c35-31(32-25-14-20-30(21-15-25)41(36,37)33-22-8-3-9-23-33)24-34(42(38,39)29-12-6-2-7-13-29)26-16-18-28(19-17-26)40-27-10-4-1-5-11-27/h1-2,4-7,10-21H,3,8-9,22-24H2,(H,32,35). The lowest BCUT2D eigenvalue weighted by molar-refractivity contribution is -0.114. The number of ether oxygens (including phenoxy) is 1. The average molecular weight is 606 g/mol. The van der Waals surface area contributed by atoms with Crippen LogP contribution in [0.5, 0.6) is 11.5 Å². The van der Waals surface area contributed by atoms with E-state index in [0.29, 0.717) is 30.3 Å². The van der Waals surface area contributed by atoms with Crippen LogP contribution in [0.1, 0.15) is 19.3 Å². The number of anilines is 2. The molecule has 0 aromatic heterocycles. The van der Waals surface area contributed by atoms with Crippen molar-refractivity contribution in [1.29, 1.82) is 0 Å². The van der Waals surface area contributed by atoms with E-state index < -0.39 is 32.5 Å².